The van der Waals surface area contributed by atoms with E-state index in [1.165, 1.54) is 11.3 Å². The maximum absolute atomic E-state index is 13.0. The van der Waals surface area contributed by atoms with Gasteiger partial charge in [-0.3, -0.25) is 14.6 Å². The Balaban J connectivity index is 1.17. The number of piperidine rings is 1. The van der Waals surface area contributed by atoms with E-state index in [1.807, 2.05) is 77.1 Å². The lowest BCUT2D eigenvalue weighted by Gasteiger charge is -2.31. The number of carbonyl (C=O) groups is 2. The van der Waals surface area contributed by atoms with Crippen LogP contribution >= 0.6 is 22.9 Å². The molecule has 2 aromatic heterocycles. The Morgan fingerprint density at radius 2 is 1.81 bits per heavy atom. The number of benzene rings is 2. The number of para-hydroxylation sites is 1. The molecule has 1 aliphatic heterocycles. The van der Waals surface area contributed by atoms with Gasteiger partial charge < -0.3 is 10.2 Å². The summed E-state index contributed by atoms with van der Waals surface area (Å²) >= 11 is 7.55. The molecule has 8 heteroatoms. The topological polar surface area (TPSA) is 75.2 Å². The molecule has 0 radical (unpaired) electrons. The van der Waals surface area contributed by atoms with Crippen LogP contribution in [0.5, 0.6) is 0 Å². The van der Waals surface area contributed by atoms with E-state index < -0.39 is 0 Å². The number of halogens is 1. The molecule has 188 valence electrons. The Hall–Kier alpha value is -3.55. The summed E-state index contributed by atoms with van der Waals surface area (Å²) in [5, 5.41) is 6.46. The summed E-state index contributed by atoms with van der Waals surface area (Å²) < 4.78 is 0. The van der Waals surface area contributed by atoms with Crippen LogP contribution in [0.1, 0.15) is 46.2 Å². The van der Waals surface area contributed by atoms with Crippen molar-refractivity contribution in [2.45, 2.75) is 31.6 Å². The maximum atomic E-state index is 13.0. The number of likely N-dealkylation sites (tertiary alicyclic amines) is 1. The molecule has 3 heterocycles. The smallest absolute Gasteiger partial charge is 0.275 e. The van der Waals surface area contributed by atoms with Gasteiger partial charge in [0.2, 0.25) is 5.91 Å². The highest BCUT2D eigenvalue weighted by atomic mass is 35.5. The van der Waals surface area contributed by atoms with E-state index in [1.54, 1.807) is 6.20 Å². The predicted molar refractivity (Wildman–Crippen MR) is 148 cm³/mol. The van der Waals surface area contributed by atoms with Gasteiger partial charge >= 0.3 is 0 Å². The molecule has 0 unspecified atom stereocenters. The van der Waals surface area contributed by atoms with Gasteiger partial charge in [0.05, 0.1) is 5.01 Å². The van der Waals surface area contributed by atoms with Crippen molar-refractivity contribution in [2.75, 3.05) is 18.4 Å². The SMILES string of the molecule is O=C(Nc1ccccc1-c1ccc(Cl)cc1)c1csc(C2CCN(C(=O)CCc3cccnc3)CC2)n1. The first kappa shape index (κ1) is 25.1. The molecular weight excluding hydrogens is 504 g/mol. The minimum absolute atomic E-state index is 0.181. The molecule has 2 amide bonds. The minimum Gasteiger partial charge on any atom is -0.343 e. The van der Waals surface area contributed by atoms with Crippen LogP contribution in [0.3, 0.4) is 0 Å². The quantitative estimate of drug-likeness (QED) is 0.298. The summed E-state index contributed by atoms with van der Waals surface area (Å²) in [6.07, 6.45) is 6.46. The van der Waals surface area contributed by atoms with E-state index >= 15 is 0 Å². The third kappa shape index (κ3) is 6.24. The second kappa shape index (κ2) is 11.7. The first-order valence-corrected chi connectivity index (χ1v) is 13.6. The molecule has 4 aromatic rings. The van der Waals surface area contributed by atoms with Crippen LogP contribution in [0.2, 0.25) is 5.02 Å². The van der Waals surface area contributed by atoms with E-state index in [4.69, 9.17) is 11.6 Å². The average molecular weight is 531 g/mol. The normalized spacial score (nSPS) is 13.9. The summed E-state index contributed by atoms with van der Waals surface area (Å²) in [7, 11) is 0. The molecular formula is C29H27ClN4O2S. The van der Waals surface area contributed by atoms with Crippen molar-refractivity contribution in [3.8, 4) is 11.1 Å². The summed E-state index contributed by atoms with van der Waals surface area (Å²) in [6, 6.07) is 19.1. The third-order valence-corrected chi connectivity index (χ3v) is 7.89. The van der Waals surface area contributed by atoms with Crippen molar-refractivity contribution in [2.24, 2.45) is 0 Å². The molecule has 0 bridgehead atoms. The summed E-state index contributed by atoms with van der Waals surface area (Å²) in [6.45, 7) is 1.43. The van der Waals surface area contributed by atoms with Gasteiger partial charge in [-0.15, -0.1) is 11.3 Å². The van der Waals surface area contributed by atoms with Crippen LogP contribution in [-0.4, -0.2) is 39.8 Å². The zero-order valence-corrected chi connectivity index (χ0v) is 21.8. The van der Waals surface area contributed by atoms with E-state index in [0.29, 0.717) is 36.6 Å². The number of anilines is 1. The van der Waals surface area contributed by atoms with Gasteiger partial charge in [0, 0.05) is 59.5 Å². The van der Waals surface area contributed by atoms with Gasteiger partial charge in [-0.05, 0) is 54.7 Å². The van der Waals surface area contributed by atoms with Crippen LogP contribution in [0.4, 0.5) is 5.69 Å². The second-order valence-electron chi connectivity index (χ2n) is 9.09. The number of nitrogens with zero attached hydrogens (tertiary/aromatic N) is 3. The molecule has 1 saturated heterocycles. The maximum Gasteiger partial charge on any atom is 0.275 e. The molecule has 1 fully saturated rings. The van der Waals surface area contributed by atoms with Crippen molar-refractivity contribution < 1.29 is 9.59 Å². The fourth-order valence-corrected chi connectivity index (χ4v) is 5.67. The lowest BCUT2D eigenvalue weighted by molar-refractivity contribution is -0.132. The van der Waals surface area contributed by atoms with Gasteiger partial charge in [-0.2, -0.15) is 0 Å². The van der Waals surface area contributed by atoms with Crippen LogP contribution in [0, 0.1) is 0 Å². The molecule has 2 aromatic carbocycles. The zero-order chi connectivity index (χ0) is 25.6. The lowest BCUT2D eigenvalue weighted by Crippen LogP contribution is -2.38. The molecule has 0 aliphatic carbocycles. The van der Waals surface area contributed by atoms with Crippen LogP contribution in [-0.2, 0) is 11.2 Å². The summed E-state index contributed by atoms with van der Waals surface area (Å²) in [5.41, 5.74) is 4.11. The standard InChI is InChI=1S/C29H27ClN4O2S/c30-23-10-8-21(9-11-23)24-5-1-2-6-25(24)32-28(36)26-19-37-29(33-26)22-13-16-34(17-14-22)27(35)12-7-20-4-3-15-31-18-20/h1-6,8-11,15,18-19,22H,7,12-14,16-17H2,(H,32,36). The Morgan fingerprint density at radius 1 is 1.03 bits per heavy atom. The number of aryl methyl sites for hydroxylation is 1. The average Bonchev–Trinajstić information content (AvgIpc) is 3.44. The molecule has 1 aliphatic rings. The fraction of sp³-hybridized carbons (Fsp3) is 0.241. The van der Waals surface area contributed by atoms with Crippen molar-refractivity contribution >= 4 is 40.4 Å². The number of thiazole rings is 1. The highest BCUT2D eigenvalue weighted by molar-refractivity contribution is 7.10. The third-order valence-electron chi connectivity index (χ3n) is 6.63. The van der Waals surface area contributed by atoms with Crippen molar-refractivity contribution in [1.82, 2.24) is 14.9 Å². The van der Waals surface area contributed by atoms with Crippen LogP contribution in [0.25, 0.3) is 11.1 Å². The van der Waals surface area contributed by atoms with E-state index in [-0.39, 0.29) is 17.7 Å². The fourth-order valence-electron chi connectivity index (χ4n) is 4.57. The Morgan fingerprint density at radius 3 is 2.57 bits per heavy atom. The van der Waals surface area contributed by atoms with Gasteiger partial charge in [-0.25, -0.2) is 4.98 Å². The van der Waals surface area contributed by atoms with Crippen LogP contribution < -0.4 is 5.32 Å². The molecule has 1 N–H and O–H groups in total. The molecule has 6 nitrogen and oxygen atoms in total. The van der Waals surface area contributed by atoms with Gasteiger partial charge in [0.25, 0.3) is 5.91 Å². The number of amides is 2. The zero-order valence-electron chi connectivity index (χ0n) is 20.3. The van der Waals surface area contributed by atoms with Gasteiger partial charge in [0.15, 0.2) is 0 Å². The highest BCUT2D eigenvalue weighted by Crippen LogP contribution is 2.32. The number of aromatic nitrogens is 2. The van der Waals surface area contributed by atoms with Crippen molar-refractivity contribution in [3.63, 3.8) is 0 Å². The second-order valence-corrected chi connectivity index (χ2v) is 10.4. The molecule has 5 rings (SSSR count). The molecule has 0 saturated carbocycles. The predicted octanol–water partition coefficient (Wildman–Crippen LogP) is 6.45. The molecule has 37 heavy (non-hydrogen) atoms. The van der Waals surface area contributed by atoms with Crippen molar-refractivity contribution in [3.05, 3.63) is 99.7 Å². The number of hydrogen-bond acceptors (Lipinski definition) is 5. The number of pyridine rings is 1. The molecule has 0 atom stereocenters. The number of carbonyl (C=O) groups excluding carboxylic acids is 2. The highest BCUT2D eigenvalue weighted by Gasteiger charge is 2.26. The number of rotatable bonds is 7. The minimum atomic E-state index is -0.230. The Labute approximate surface area is 225 Å². The van der Waals surface area contributed by atoms with E-state index in [2.05, 4.69) is 15.3 Å². The first-order chi connectivity index (χ1) is 18.1. The largest absolute Gasteiger partial charge is 0.343 e. The number of hydrogen-bond donors (Lipinski definition) is 1. The van der Waals surface area contributed by atoms with E-state index in [0.717, 1.165) is 40.2 Å². The first-order valence-electron chi connectivity index (χ1n) is 12.4. The Bertz CT molecular complexity index is 1370. The number of nitrogens with one attached hydrogen (secondary N) is 1. The van der Waals surface area contributed by atoms with Crippen molar-refractivity contribution in [1.29, 1.82) is 0 Å². The monoisotopic (exact) mass is 530 g/mol. The summed E-state index contributed by atoms with van der Waals surface area (Å²) in [5.74, 6) is 0.211. The summed E-state index contributed by atoms with van der Waals surface area (Å²) in [4.78, 5) is 36.4. The Kier molecular flexibility index (Phi) is 7.92. The van der Waals surface area contributed by atoms with E-state index in [9.17, 15) is 9.59 Å². The van der Waals surface area contributed by atoms with Gasteiger partial charge in [-0.1, -0.05) is 48.0 Å². The van der Waals surface area contributed by atoms with Crippen LogP contribution in [0.15, 0.2) is 78.4 Å². The van der Waals surface area contributed by atoms with Gasteiger partial charge in [0.1, 0.15) is 5.69 Å². The molecule has 0 spiro atoms. The lowest BCUT2D eigenvalue weighted by atomic mass is 9.97.